The third-order valence-electron chi connectivity index (χ3n) is 3.33. The summed E-state index contributed by atoms with van der Waals surface area (Å²) in [5.74, 6) is 1.98. The van der Waals surface area contributed by atoms with Crippen LogP contribution >= 0.6 is 0 Å². The summed E-state index contributed by atoms with van der Waals surface area (Å²) in [6, 6.07) is 0. The third kappa shape index (κ3) is 3.94. The maximum atomic E-state index is 4.42. The first-order valence-electron chi connectivity index (χ1n) is 6.93. The van der Waals surface area contributed by atoms with Crippen LogP contribution in [-0.4, -0.2) is 42.1 Å². The van der Waals surface area contributed by atoms with Crippen molar-refractivity contribution < 1.29 is 0 Å². The molecule has 1 aliphatic rings. The van der Waals surface area contributed by atoms with Crippen molar-refractivity contribution in [3.05, 3.63) is 0 Å². The van der Waals surface area contributed by atoms with Crippen molar-refractivity contribution in [1.29, 1.82) is 0 Å². The van der Waals surface area contributed by atoms with Crippen molar-refractivity contribution in [2.24, 2.45) is 5.41 Å². The van der Waals surface area contributed by atoms with Gasteiger partial charge in [0.1, 0.15) is 0 Å². The summed E-state index contributed by atoms with van der Waals surface area (Å²) in [7, 11) is 3.87. The molecule has 0 radical (unpaired) electrons. The summed E-state index contributed by atoms with van der Waals surface area (Å²) in [5.41, 5.74) is 0.432. The van der Waals surface area contributed by atoms with E-state index in [1.165, 1.54) is 12.8 Å². The summed E-state index contributed by atoms with van der Waals surface area (Å²) in [4.78, 5) is 15.1. The molecule has 0 bridgehead atoms. The molecular weight excluding hydrogens is 240 g/mol. The van der Waals surface area contributed by atoms with Crippen LogP contribution in [0.15, 0.2) is 0 Å². The van der Waals surface area contributed by atoms with Crippen LogP contribution in [0, 0.1) is 5.41 Å². The first-order valence-corrected chi connectivity index (χ1v) is 6.93. The lowest BCUT2D eigenvalue weighted by atomic mass is 10.1. The minimum Gasteiger partial charge on any atom is -0.354 e. The molecule has 2 N–H and O–H groups in total. The predicted octanol–water partition coefficient (Wildman–Crippen LogP) is 1.97. The summed E-state index contributed by atoms with van der Waals surface area (Å²) in [6.07, 6.45) is 3.61. The Morgan fingerprint density at radius 2 is 1.74 bits per heavy atom. The Bertz CT molecular complexity index is 427. The van der Waals surface area contributed by atoms with E-state index >= 15 is 0 Å². The van der Waals surface area contributed by atoms with Gasteiger partial charge in [-0.05, 0) is 24.7 Å². The van der Waals surface area contributed by atoms with Crippen molar-refractivity contribution in [3.8, 4) is 0 Å². The quantitative estimate of drug-likeness (QED) is 0.785. The summed E-state index contributed by atoms with van der Waals surface area (Å²) >= 11 is 0. The normalized spacial score (nSPS) is 16.0. The lowest BCUT2D eigenvalue weighted by Crippen LogP contribution is -2.19. The monoisotopic (exact) mass is 264 g/mol. The van der Waals surface area contributed by atoms with E-state index in [4.69, 9.17) is 0 Å². The lowest BCUT2D eigenvalue weighted by Gasteiger charge is -2.15. The average Bonchev–Trinajstić information content (AvgIpc) is 3.12. The van der Waals surface area contributed by atoms with Gasteiger partial charge in [0.05, 0.1) is 0 Å². The molecule has 1 heterocycles. The van der Waals surface area contributed by atoms with Gasteiger partial charge in [0.15, 0.2) is 0 Å². The molecule has 0 saturated heterocycles. The molecule has 0 aromatic carbocycles. The van der Waals surface area contributed by atoms with Crippen LogP contribution in [-0.2, 0) is 0 Å². The number of hydrogen-bond donors (Lipinski definition) is 2. The molecule has 1 aromatic heterocycles. The molecule has 0 aliphatic heterocycles. The van der Waals surface area contributed by atoms with Crippen LogP contribution in [0.25, 0.3) is 0 Å². The van der Waals surface area contributed by atoms with Gasteiger partial charge in [-0.3, -0.25) is 0 Å². The molecule has 0 amide bonds. The van der Waals surface area contributed by atoms with E-state index in [1.807, 2.05) is 19.0 Å². The Balaban J connectivity index is 2.08. The van der Waals surface area contributed by atoms with Gasteiger partial charge in [0.25, 0.3) is 0 Å². The van der Waals surface area contributed by atoms with Crippen LogP contribution < -0.4 is 15.5 Å². The van der Waals surface area contributed by atoms with E-state index < -0.39 is 0 Å². The van der Waals surface area contributed by atoms with Gasteiger partial charge >= 0.3 is 0 Å². The van der Waals surface area contributed by atoms with Crippen LogP contribution in [0.1, 0.15) is 33.1 Å². The Labute approximate surface area is 115 Å². The van der Waals surface area contributed by atoms with Gasteiger partial charge in [-0.15, -0.1) is 0 Å². The third-order valence-corrected chi connectivity index (χ3v) is 3.33. The van der Waals surface area contributed by atoms with Crippen molar-refractivity contribution in [2.45, 2.75) is 33.1 Å². The molecule has 0 spiro atoms. The van der Waals surface area contributed by atoms with Crippen LogP contribution in [0.3, 0.4) is 0 Å². The summed E-state index contributed by atoms with van der Waals surface area (Å²) in [5, 5.41) is 6.54. The van der Waals surface area contributed by atoms with E-state index in [0.29, 0.717) is 23.3 Å². The highest BCUT2D eigenvalue weighted by atomic mass is 15.3. The fraction of sp³-hybridized carbons (Fsp3) is 0.769. The molecule has 1 aromatic rings. The smallest absolute Gasteiger partial charge is 0.231 e. The van der Waals surface area contributed by atoms with E-state index in [2.05, 4.69) is 39.4 Å². The molecule has 106 valence electrons. The van der Waals surface area contributed by atoms with E-state index in [0.717, 1.165) is 19.5 Å². The average molecular weight is 264 g/mol. The van der Waals surface area contributed by atoms with Gasteiger partial charge in [-0.2, -0.15) is 15.0 Å². The standard InChI is InChI=1S/C13H24N6/c1-5-8-14-10-16-11(15-9-13(2)6-7-13)18-12(17-10)19(3)4/h5-9H2,1-4H3,(H2,14,15,16,17,18). The highest BCUT2D eigenvalue weighted by molar-refractivity contribution is 5.43. The molecule has 0 atom stereocenters. The molecule has 1 aliphatic carbocycles. The van der Waals surface area contributed by atoms with E-state index in [9.17, 15) is 0 Å². The van der Waals surface area contributed by atoms with Crippen LogP contribution in [0.4, 0.5) is 17.8 Å². The van der Waals surface area contributed by atoms with Crippen molar-refractivity contribution >= 4 is 17.8 Å². The number of nitrogens with one attached hydrogen (secondary N) is 2. The Morgan fingerprint density at radius 3 is 2.26 bits per heavy atom. The topological polar surface area (TPSA) is 66.0 Å². The second kappa shape index (κ2) is 5.59. The number of rotatable bonds is 7. The highest BCUT2D eigenvalue weighted by Gasteiger charge is 2.37. The van der Waals surface area contributed by atoms with Gasteiger partial charge in [0.2, 0.25) is 17.8 Å². The maximum Gasteiger partial charge on any atom is 0.231 e. The number of nitrogens with zero attached hydrogens (tertiary/aromatic N) is 4. The minimum atomic E-state index is 0.432. The minimum absolute atomic E-state index is 0.432. The number of aromatic nitrogens is 3. The lowest BCUT2D eigenvalue weighted by molar-refractivity contribution is 0.607. The van der Waals surface area contributed by atoms with Gasteiger partial charge in [-0.1, -0.05) is 13.8 Å². The van der Waals surface area contributed by atoms with E-state index in [1.54, 1.807) is 0 Å². The summed E-state index contributed by atoms with van der Waals surface area (Å²) in [6.45, 7) is 6.20. The predicted molar refractivity (Wildman–Crippen MR) is 78.8 cm³/mol. The second-order valence-corrected chi connectivity index (χ2v) is 5.77. The zero-order valence-corrected chi connectivity index (χ0v) is 12.3. The second-order valence-electron chi connectivity index (χ2n) is 5.77. The van der Waals surface area contributed by atoms with Crippen molar-refractivity contribution in [3.63, 3.8) is 0 Å². The highest BCUT2D eigenvalue weighted by Crippen LogP contribution is 2.44. The van der Waals surface area contributed by atoms with Gasteiger partial charge < -0.3 is 15.5 Å². The molecule has 2 rings (SSSR count). The van der Waals surface area contributed by atoms with E-state index in [-0.39, 0.29) is 0 Å². The molecule has 1 saturated carbocycles. The molecule has 6 heteroatoms. The maximum absolute atomic E-state index is 4.42. The number of hydrogen-bond acceptors (Lipinski definition) is 6. The SMILES string of the molecule is CCCNc1nc(NCC2(C)CC2)nc(N(C)C)n1. The van der Waals surface area contributed by atoms with Gasteiger partial charge in [0, 0.05) is 27.2 Å². The fourth-order valence-electron chi connectivity index (χ4n) is 1.64. The first kappa shape index (κ1) is 13.8. The van der Waals surface area contributed by atoms with Crippen molar-refractivity contribution in [1.82, 2.24) is 15.0 Å². The fourth-order valence-corrected chi connectivity index (χ4v) is 1.64. The van der Waals surface area contributed by atoms with Crippen LogP contribution in [0.5, 0.6) is 0 Å². The zero-order chi connectivity index (χ0) is 13.9. The molecule has 6 nitrogen and oxygen atoms in total. The van der Waals surface area contributed by atoms with Gasteiger partial charge in [-0.25, -0.2) is 0 Å². The van der Waals surface area contributed by atoms with Crippen molar-refractivity contribution in [2.75, 3.05) is 42.7 Å². The van der Waals surface area contributed by atoms with Crippen LogP contribution in [0.2, 0.25) is 0 Å². The first-order chi connectivity index (χ1) is 9.02. The molecule has 0 unspecified atom stereocenters. The molecule has 19 heavy (non-hydrogen) atoms. The Hall–Kier alpha value is -1.59. The molecule has 1 fully saturated rings. The zero-order valence-electron chi connectivity index (χ0n) is 12.3. The Morgan fingerprint density at radius 1 is 1.11 bits per heavy atom. The number of anilines is 3. The Kier molecular flexibility index (Phi) is 4.07. The molecular formula is C13H24N6. The largest absolute Gasteiger partial charge is 0.354 e. The summed E-state index contributed by atoms with van der Waals surface area (Å²) < 4.78 is 0.